The first-order chi connectivity index (χ1) is 15.6. The Hall–Kier alpha value is -4.32. The van der Waals surface area contributed by atoms with Gasteiger partial charge in [-0.25, -0.2) is 14.4 Å². The molecular formula is C26H21FN4O. The molecule has 1 aromatic heterocycles. The Morgan fingerprint density at radius 1 is 0.938 bits per heavy atom. The number of hydrogen-bond acceptors (Lipinski definition) is 4. The molecule has 0 saturated heterocycles. The molecule has 0 unspecified atom stereocenters. The maximum absolute atomic E-state index is 13.1. The van der Waals surface area contributed by atoms with Crippen molar-refractivity contribution < 1.29 is 9.18 Å². The van der Waals surface area contributed by atoms with Crippen LogP contribution in [0.5, 0.6) is 0 Å². The Morgan fingerprint density at radius 3 is 2.38 bits per heavy atom. The number of nitrogens with zero attached hydrogens (tertiary/aromatic N) is 2. The van der Waals surface area contributed by atoms with Gasteiger partial charge in [-0.2, -0.15) is 0 Å². The summed E-state index contributed by atoms with van der Waals surface area (Å²) >= 11 is 0. The molecule has 4 rings (SSSR count). The van der Waals surface area contributed by atoms with Gasteiger partial charge in [-0.1, -0.05) is 60.7 Å². The highest BCUT2D eigenvalue weighted by Crippen LogP contribution is 2.22. The highest BCUT2D eigenvalue weighted by molar-refractivity contribution is 5.93. The molecule has 0 aliphatic heterocycles. The molecule has 4 aromatic rings. The van der Waals surface area contributed by atoms with Gasteiger partial charge in [0.15, 0.2) is 5.82 Å². The Labute approximate surface area is 185 Å². The zero-order valence-corrected chi connectivity index (χ0v) is 17.2. The molecule has 1 heterocycles. The molecule has 0 bridgehead atoms. The highest BCUT2D eigenvalue weighted by Gasteiger charge is 2.11. The summed E-state index contributed by atoms with van der Waals surface area (Å²) in [5, 5.41) is 2.82. The molecule has 3 aromatic carbocycles. The quantitative estimate of drug-likeness (QED) is 0.416. The zero-order valence-electron chi connectivity index (χ0n) is 17.2. The minimum atomic E-state index is -0.341. The lowest BCUT2D eigenvalue weighted by Crippen LogP contribution is -2.16. The fourth-order valence-corrected chi connectivity index (χ4v) is 3.11. The van der Waals surface area contributed by atoms with Crippen LogP contribution >= 0.6 is 0 Å². The zero-order chi connectivity index (χ0) is 22.3. The van der Waals surface area contributed by atoms with Crippen LogP contribution in [0.1, 0.15) is 16.8 Å². The summed E-state index contributed by atoms with van der Waals surface area (Å²) in [5.74, 6) is -0.254. The maximum atomic E-state index is 13.1. The van der Waals surface area contributed by atoms with Crippen molar-refractivity contribution in [2.75, 3.05) is 11.1 Å². The molecule has 0 aliphatic rings. The van der Waals surface area contributed by atoms with Gasteiger partial charge in [0, 0.05) is 11.3 Å². The van der Waals surface area contributed by atoms with Crippen molar-refractivity contribution in [3.63, 3.8) is 0 Å². The van der Waals surface area contributed by atoms with Crippen molar-refractivity contribution in [3.8, 4) is 11.3 Å². The van der Waals surface area contributed by atoms with Crippen LogP contribution in [0.3, 0.4) is 0 Å². The smallest absolute Gasteiger partial charge is 0.230 e. The highest BCUT2D eigenvalue weighted by atomic mass is 19.1. The molecular weight excluding hydrogens is 403 g/mol. The van der Waals surface area contributed by atoms with Crippen LogP contribution in [-0.4, -0.2) is 15.9 Å². The van der Waals surface area contributed by atoms with Crippen LogP contribution < -0.4 is 11.1 Å². The molecule has 5 nitrogen and oxygen atoms in total. The normalized spacial score (nSPS) is 10.9. The van der Waals surface area contributed by atoms with E-state index in [1.807, 2.05) is 54.6 Å². The molecule has 0 radical (unpaired) electrons. The second-order valence-corrected chi connectivity index (χ2v) is 7.21. The lowest BCUT2D eigenvalue weighted by Gasteiger charge is -2.10. The van der Waals surface area contributed by atoms with Crippen molar-refractivity contribution in [2.24, 2.45) is 0 Å². The van der Waals surface area contributed by atoms with Crippen molar-refractivity contribution >= 4 is 29.6 Å². The number of rotatable bonds is 6. The van der Waals surface area contributed by atoms with Gasteiger partial charge in [0.05, 0.1) is 18.3 Å². The standard InChI is InChI=1S/C26H21FN4O/c27-21-11-6-19(7-12-21)16-25(32)31-26-23(15-8-18-4-2-1-3-5-18)30-24(17-29-26)20-9-13-22(28)14-10-20/h1-15,17H,16,28H2,(H,29,31,32)/b15-8+. The van der Waals surface area contributed by atoms with E-state index < -0.39 is 0 Å². The molecule has 6 heteroatoms. The number of hydrogen-bond donors (Lipinski definition) is 2. The van der Waals surface area contributed by atoms with E-state index in [9.17, 15) is 9.18 Å². The van der Waals surface area contributed by atoms with E-state index in [4.69, 9.17) is 10.7 Å². The summed E-state index contributed by atoms with van der Waals surface area (Å²) in [5.41, 5.74) is 10.2. The van der Waals surface area contributed by atoms with Gasteiger partial charge < -0.3 is 11.1 Å². The lowest BCUT2D eigenvalue weighted by atomic mass is 10.1. The second-order valence-electron chi connectivity index (χ2n) is 7.21. The SMILES string of the molecule is Nc1ccc(-c2cnc(NC(=O)Cc3ccc(F)cc3)c(/C=C/c3ccccc3)n2)cc1. The Balaban J connectivity index is 1.62. The molecule has 0 spiro atoms. The first kappa shape index (κ1) is 20.9. The number of halogens is 1. The predicted molar refractivity (Wildman–Crippen MR) is 126 cm³/mol. The van der Waals surface area contributed by atoms with Gasteiger partial charge >= 0.3 is 0 Å². The van der Waals surface area contributed by atoms with Gasteiger partial charge in [-0.15, -0.1) is 0 Å². The summed E-state index contributed by atoms with van der Waals surface area (Å²) in [4.78, 5) is 21.7. The number of amides is 1. The molecule has 3 N–H and O–H groups in total. The molecule has 0 atom stereocenters. The van der Waals surface area contributed by atoms with Gasteiger partial charge in [0.2, 0.25) is 5.91 Å². The molecule has 158 valence electrons. The van der Waals surface area contributed by atoms with E-state index in [-0.39, 0.29) is 18.1 Å². The van der Waals surface area contributed by atoms with Crippen molar-refractivity contribution in [1.82, 2.24) is 9.97 Å². The number of nitrogens with two attached hydrogens (primary N) is 1. The van der Waals surface area contributed by atoms with Crippen molar-refractivity contribution in [3.05, 3.63) is 108 Å². The molecule has 32 heavy (non-hydrogen) atoms. The van der Waals surface area contributed by atoms with Gasteiger partial charge in [0.25, 0.3) is 0 Å². The third kappa shape index (κ3) is 5.43. The number of nitrogen functional groups attached to an aromatic ring is 1. The fourth-order valence-electron chi connectivity index (χ4n) is 3.11. The van der Waals surface area contributed by atoms with E-state index in [2.05, 4.69) is 10.3 Å². The minimum Gasteiger partial charge on any atom is -0.399 e. The molecule has 0 saturated carbocycles. The number of carbonyl (C=O) groups excluding carboxylic acids is 1. The molecule has 0 aliphatic carbocycles. The van der Waals surface area contributed by atoms with E-state index in [0.717, 1.165) is 11.1 Å². The largest absolute Gasteiger partial charge is 0.399 e. The third-order valence-electron chi connectivity index (χ3n) is 4.77. The number of carbonyl (C=O) groups is 1. The van der Waals surface area contributed by atoms with Gasteiger partial charge in [0.1, 0.15) is 11.5 Å². The first-order valence-electron chi connectivity index (χ1n) is 10.1. The Bertz CT molecular complexity index is 1240. The summed E-state index contributed by atoms with van der Waals surface area (Å²) in [6.45, 7) is 0. The third-order valence-corrected chi connectivity index (χ3v) is 4.77. The lowest BCUT2D eigenvalue weighted by molar-refractivity contribution is -0.115. The second kappa shape index (κ2) is 9.66. The number of aromatic nitrogens is 2. The number of anilines is 2. The van der Waals surface area contributed by atoms with E-state index >= 15 is 0 Å². The fraction of sp³-hybridized carbons (Fsp3) is 0.0385. The molecule has 1 amide bonds. The number of benzene rings is 3. The summed E-state index contributed by atoms with van der Waals surface area (Å²) in [6.07, 6.45) is 5.44. The van der Waals surface area contributed by atoms with Crippen LogP contribution in [-0.2, 0) is 11.2 Å². The summed E-state index contributed by atoms with van der Waals surface area (Å²) in [6, 6.07) is 23.0. The van der Waals surface area contributed by atoms with E-state index in [1.165, 1.54) is 12.1 Å². The van der Waals surface area contributed by atoms with Crippen LogP contribution in [0.4, 0.5) is 15.9 Å². The average Bonchev–Trinajstić information content (AvgIpc) is 2.81. The van der Waals surface area contributed by atoms with Crippen LogP contribution in [0.25, 0.3) is 23.4 Å². The van der Waals surface area contributed by atoms with Crippen LogP contribution in [0, 0.1) is 5.82 Å². The van der Waals surface area contributed by atoms with Crippen molar-refractivity contribution in [2.45, 2.75) is 6.42 Å². The Morgan fingerprint density at radius 2 is 1.66 bits per heavy atom. The van der Waals surface area contributed by atoms with Gasteiger partial charge in [-0.3, -0.25) is 4.79 Å². The van der Waals surface area contributed by atoms with Crippen molar-refractivity contribution in [1.29, 1.82) is 0 Å². The minimum absolute atomic E-state index is 0.101. The van der Waals surface area contributed by atoms with Gasteiger partial charge in [-0.05, 0) is 41.5 Å². The Kier molecular flexibility index (Phi) is 6.32. The molecule has 0 fully saturated rings. The topological polar surface area (TPSA) is 80.9 Å². The van der Waals surface area contributed by atoms with E-state index in [0.29, 0.717) is 28.5 Å². The summed E-state index contributed by atoms with van der Waals surface area (Å²) in [7, 11) is 0. The monoisotopic (exact) mass is 424 g/mol. The maximum Gasteiger partial charge on any atom is 0.230 e. The first-order valence-corrected chi connectivity index (χ1v) is 10.1. The van der Waals surface area contributed by atoms with E-state index in [1.54, 1.807) is 30.5 Å². The number of nitrogens with one attached hydrogen (secondary N) is 1. The predicted octanol–water partition coefficient (Wildman–Crippen LogP) is 5.22. The van der Waals surface area contributed by atoms with Crippen LogP contribution in [0.2, 0.25) is 0 Å². The average molecular weight is 424 g/mol. The van der Waals surface area contributed by atoms with Crippen LogP contribution in [0.15, 0.2) is 85.1 Å². The summed E-state index contributed by atoms with van der Waals surface area (Å²) < 4.78 is 13.1.